The van der Waals surface area contributed by atoms with Gasteiger partial charge in [0.25, 0.3) is 0 Å². The molecule has 0 spiro atoms. The van der Waals surface area contributed by atoms with Gasteiger partial charge in [-0.3, -0.25) is 0 Å². The first-order valence-electron chi connectivity index (χ1n) is 8.18. The van der Waals surface area contributed by atoms with Crippen molar-refractivity contribution in [2.45, 2.75) is 32.2 Å². The van der Waals surface area contributed by atoms with Gasteiger partial charge in [0, 0.05) is 10.5 Å². The summed E-state index contributed by atoms with van der Waals surface area (Å²) in [4.78, 5) is 0. The predicted molar refractivity (Wildman–Crippen MR) is 92.4 cm³/mol. The molecule has 0 heterocycles. The number of fused-ring (bicyclic) bond motifs is 2. The standard InChI is InChI=1S/C19H22BrN/c1-2-21-19(14-10-12-9-13(12)11-14)17-7-8-18(20)16-6-4-3-5-15(16)17/h3-8,12-14,19,21H,2,9-11H2,1H3. The molecule has 2 aliphatic rings. The van der Waals surface area contributed by atoms with Gasteiger partial charge in [-0.25, -0.2) is 0 Å². The van der Waals surface area contributed by atoms with E-state index in [0.717, 1.165) is 24.3 Å². The summed E-state index contributed by atoms with van der Waals surface area (Å²) >= 11 is 3.70. The van der Waals surface area contributed by atoms with Gasteiger partial charge in [0.15, 0.2) is 0 Å². The van der Waals surface area contributed by atoms with Crippen molar-refractivity contribution in [3.05, 3.63) is 46.4 Å². The molecule has 0 saturated heterocycles. The van der Waals surface area contributed by atoms with E-state index in [4.69, 9.17) is 0 Å². The van der Waals surface area contributed by atoms with Crippen molar-refractivity contribution in [2.75, 3.05) is 6.54 Å². The van der Waals surface area contributed by atoms with E-state index in [9.17, 15) is 0 Å². The Morgan fingerprint density at radius 2 is 1.76 bits per heavy atom. The Labute approximate surface area is 135 Å². The lowest BCUT2D eigenvalue weighted by atomic mass is 9.86. The molecule has 2 aliphatic carbocycles. The van der Waals surface area contributed by atoms with Gasteiger partial charge in [-0.05, 0) is 66.0 Å². The molecule has 1 N–H and O–H groups in total. The third-order valence-electron chi connectivity index (χ3n) is 5.42. The van der Waals surface area contributed by atoms with Gasteiger partial charge in [0.05, 0.1) is 0 Å². The van der Waals surface area contributed by atoms with E-state index in [0.29, 0.717) is 6.04 Å². The molecule has 0 amide bonds. The Morgan fingerprint density at radius 1 is 1.05 bits per heavy atom. The molecule has 110 valence electrons. The van der Waals surface area contributed by atoms with E-state index in [1.54, 1.807) is 0 Å². The summed E-state index contributed by atoms with van der Waals surface area (Å²) in [6.07, 6.45) is 4.34. The normalized spacial score (nSPS) is 28.6. The van der Waals surface area contributed by atoms with Crippen LogP contribution in [0, 0.1) is 17.8 Å². The molecule has 0 bridgehead atoms. The Kier molecular flexibility index (Phi) is 3.55. The highest BCUT2D eigenvalue weighted by atomic mass is 79.9. The molecule has 2 heteroatoms. The minimum Gasteiger partial charge on any atom is -0.310 e. The fourth-order valence-corrected chi connectivity index (χ4v) is 4.82. The Balaban J connectivity index is 1.76. The van der Waals surface area contributed by atoms with Crippen molar-refractivity contribution >= 4 is 26.7 Å². The molecule has 0 aliphatic heterocycles. The molecule has 4 rings (SSSR count). The van der Waals surface area contributed by atoms with Gasteiger partial charge in [-0.2, -0.15) is 0 Å². The first-order chi connectivity index (χ1) is 10.3. The van der Waals surface area contributed by atoms with Crippen LogP contribution in [0.1, 0.15) is 37.8 Å². The van der Waals surface area contributed by atoms with Crippen molar-refractivity contribution < 1.29 is 0 Å². The molecule has 1 nitrogen and oxygen atoms in total. The molecular weight excluding hydrogens is 322 g/mol. The Hall–Kier alpha value is -0.860. The molecule has 3 unspecified atom stereocenters. The maximum absolute atomic E-state index is 3.78. The van der Waals surface area contributed by atoms with E-state index in [-0.39, 0.29) is 0 Å². The molecule has 21 heavy (non-hydrogen) atoms. The highest BCUT2D eigenvalue weighted by Gasteiger charge is 2.48. The van der Waals surface area contributed by atoms with Gasteiger partial charge in [-0.15, -0.1) is 0 Å². The van der Waals surface area contributed by atoms with Crippen molar-refractivity contribution in [1.82, 2.24) is 5.32 Å². The van der Waals surface area contributed by atoms with Crippen LogP contribution in [0.4, 0.5) is 0 Å². The summed E-state index contributed by atoms with van der Waals surface area (Å²) in [6.45, 7) is 3.27. The van der Waals surface area contributed by atoms with Gasteiger partial charge in [-0.1, -0.05) is 53.2 Å². The second-order valence-corrected chi connectivity index (χ2v) is 7.56. The summed E-state index contributed by atoms with van der Waals surface area (Å²) in [5.74, 6) is 2.90. The van der Waals surface area contributed by atoms with E-state index in [2.05, 4.69) is 64.6 Å². The smallest absolute Gasteiger partial charge is 0.0354 e. The summed E-state index contributed by atoms with van der Waals surface area (Å²) in [5.41, 5.74) is 1.49. The third-order valence-corrected chi connectivity index (χ3v) is 6.11. The summed E-state index contributed by atoms with van der Waals surface area (Å²) in [6, 6.07) is 13.8. The van der Waals surface area contributed by atoms with Crippen LogP contribution in [0.5, 0.6) is 0 Å². The van der Waals surface area contributed by atoms with Crippen molar-refractivity contribution in [1.29, 1.82) is 0 Å². The van der Waals surface area contributed by atoms with Crippen LogP contribution in [0.15, 0.2) is 40.9 Å². The van der Waals surface area contributed by atoms with Crippen LogP contribution in [-0.4, -0.2) is 6.54 Å². The zero-order valence-electron chi connectivity index (χ0n) is 12.5. The van der Waals surface area contributed by atoms with E-state index < -0.39 is 0 Å². The number of halogens is 1. The van der Waals surface area contributed by atoms with E-state index in [1.807, 2.05) is 0 Å². The number of benzene rings is 2. The van der Waals surface area contributed by atoms with Gasteiger partial charge < -0.3 is 5.32 Å². The van der Waals surface area contributed by atoms with Crippen LogP contribution >= 0.6 is 15.9 Å². The number of rotatable bonds is 4. The molecular formula is C19H22BrN. The fraction of sp³-hybridized carbons (Fsp3) is 0.474. The van der Waals surface area contributed by atoms with Crippen LogP contribution in [0.25, 0.3) is 10.8 Å². The predicted octanol–water partition coefficient (Wildman–Crippen LogP) is 5.30. The van der Waals surface area contributed by atoms with Gasteiger partial charge in [0.2, 0.25) is 0 Å². The lowest BCUT2D eigenvalue weighted by Crippen LogP contribution is -2.28. The third kappa shape index (κ3) is 2.43. The molecule has 3 atom stereocenters. The monoisotopic (exact) mass is 343 g/mol. The molecule has 0 aromatic heterocycles. The lowest BCUT2D eigenvalue weighted by molar-refractivity contribution is 0.348. The van der Waals surface area contributed by atoms with Crippen molar-refractivity contribution in [3.8, 4) is 0 Å². The zero-order valence-corrected chi connectivity index (χ0v) is 14.1. The fourth-order valence-electron chi connectivity index (χ4n) is 4.34. The largest absolute Gasteiger partial charge is 0.310 e. The van der Waals surface area contributed by atoms with Crippen molar-refractivity contribution in [3.63, 3.8) is 0 Å². The molecule has 0 radical (unpaired) electrons. The highest BCUT2D eigenvalue weighted by molar-refractivity contribution is 9.10. The number of nitrogens with one attached hydrogen (secondary N) is 1. The maximum atomic E-state index is 3.78. The van der Waals surface area contributed by atoms with E-state index >= 15 is 0 Å². The quantitative estimate of drug-likeness (QED) is 0.794. The highest BCUT2D eigenvalue weighted by Crippen LogP contribution is 2.57. The van der Waals surface area contributed by atoms with Crippen LogP contribution in [0.2, 0.25) is 0 Å². The minimum absolute atomic E-state index is 0.515. The molecule has 2 aromatic carbocycles. The summed E-state index contributed by atoms with van der Waals surface area (Å²) < 4.78 is 1.20. The van der Waals surface area contributed by atoms with Gasteiger partial charge in [0.1, 0.15) is 0 Å². The number of hydrogen-bond acceptors (Lipinski definition) is 1. The molecule has 2 saturated carbocycles. The Bertz CT molecular complexity index is 656. The second-order valence-electron chi connectivity index (χ2n) is 6.70. The summed E-state index contributed by atoms with van der Waals surface area (Å²) in [5, 5.41) is 6.51. The molecule has 2 fully saturated rings. The maximum Gasteiger partial charge on any atom is 0.0354 e. The van der Waals surface area contributed by atoms with Crippen LogP contribution < -0.4 is 5.32 Å². The zero-order chi connectivity index (χ0) is 14.4. The SMILES string of the molecule is CCNC(c1ccc(Br)c2ccccc12)C1CC2CC2C1. The number of hydrogen-bond donors (Lipinski definition) is 1. The lowest BCUT2D eigenvalue weighted by Gasteiger charge is -2.27. The van der Waals surface area contributed by atoms with E-state index in [1.165, 1.54) is 40.1 Å². The first kappa shape index (κ1) is 13.8. The minimum atomic E-state index is 0.515. The summed E-state index contributed by atoms with van der Waals surface area (Å²) in [7, 11) is 0. The Morgan fingerprint density at radius 3 is 2.48 bits per heavy atom. The van der Waals surface area contributed by atoms with Crippen LogP contribution in [0.3, 0.4) is 0 Å². The topological polar surface area (TPSA) is 12.0 Å². The molecule has 2 aromatic rings. The average molecular weight is 344 g/mol. The second kappa shape index (κ2) is 5.40. The van der Waals surface area contributed by atoms with Crippen LogP contribution in [-0.2, 0) is 0 Å². The first-order valence-corrected chi connectivity index (χ1v) is 8.97. The van der Waals surface area contributed by atoms with Crippen molar-refractivity contribution in [2.24, 2.45) is 17.8 Å². The average Bonchev–Trinajstić information content (AvgIpc) is 3.12. The van der Waals surface area contributed by atoms with Gasteiger partial charge >= 0.3 is 0 Å².